The summed E-state index contributed by atoms with van der Waals surface area (Å²) in [6.45, 7) is 14.4. The fourth-order valence-corrected chi connectivity index (χ4v) is 2.73. The zero-order valence-corrected chi connectivity index (χ0v) is 16.7. The van der Waals surface area contributed by atoms with E-state index in [2.05, 4.69) is 5.32 Å². The van der Waals surface area contributed by atoms with Crippen LogP contribution in [0.25, 0.3) is 0 Å². The first kappa shape index (κ1) is 22.4. The van der Waals surface area contributed by atoms with Gasteiger partial charge in [-0.25, -0.2) is 9.59 Å². The number of nitrogens with two attached hydrogens (primary N) is 1. The van der Waals surface area contributed by atoms with Gasteiger partial charge in [-0.2, -0.15) is 0 Å². The summed E-state index contributed by atoms with van der Waals surface area (Å²) in [5, 5.41) is 11.3. The van der Waals surface area contributed by atoms with Crippen molar-refractivity contribution < 1.29 is 28.7 Å². The van der Waals surface area contributed by atoms with E-state index in [-0.39, 0.29) is 5.04 Å². The summed E-state index contributed by atoms with van der Waals surface area (Å²) in [5.74, 6) is -2.38. The first-order valence-electron chi connectivity index (χ1n) is 7.67. The van der Waals surface area contributed by atoms with Crippen LogP contribution in [0.5, 0.6) is 0 Å². The highest BCUT2D eigenvalue weighted by Crippen LogP contribution is 2.37. The molecule has 0 unspecified atom stereocenters. The van der Waals surface area contributed by atoms with Gasteiger partial charge in [0, 0.05) is 0 Å². The lowest BCUT2D eigenvalue weighted by atomic mass is 10.1. The second kappa shape index (κ2) is 7.52. The molecule has 0 saturated heterocycles. The van der Waals surface area contributed by atoms with E-state index in [1.807, 2.05) is 33.9 Å². The van der Waals surface area contributed by atoms with Crippen LogP contribution in [0, 0.1) is 0 Å². The van der Waals surface area contributed by atoms with Crippen LogP contribution in [0.4, 0.5) is 4.79 Å². The fraction of sp³-hybridized carbons (Fsp3) is 0.800. The zero-order valence-electron chi connectivity index (χ0n) is 15.7. The summed E-state index contributed by atoms with van der Waals surface area (Å²) < 4.78 is 10.9. The number of carbonyl (C=O) groups is 3. The molecule has 2 amide bonds. The highest BCUT2D eigenvalue weighted by molar-refractivity contribution is 6.74. The lowest BCUT2D eigenvalue weighted by Crippen LogP contribution is -2.59. The van der Waals surface area contributed by atoms with Crippen LogP contribution in [0.15, 0.2) is 0 Å². The van der Waals surface area contributed by atoms with E-state index in [0.29, 0.717) is 0 Å². The van der Waals surface area contributed by atoms with Crippen LogP contribution in [-0.4, -0.2) is 49.1 Å². The van der Waals surface area contributed by atoms with Gasteiger partial charge >= 0.3 is 12.1 Å². The largest absolute Gasteiger partial charge is 0.480 e. The molecule has 2 atom stereocenters. The topological polar surface area (TPSA) is 128 Å². The molecule has 0 aromatic heterocycles. The Morgan fingerprint density at radius 1 is 1.08 bits per heavy atom. The molecule has 0 aliphatic carbocycles. The lowest BCUT2D eigenvalue weighted by molar-refractivity contribution is -0.146. The number of amides is 2. The van der Waals surface area contributed by atoms with E-state index >= 15 is 0 Å². The van der Waals surface area contributed by atoms with E-state index in [1.54, 1.807) is 20.8 Å². The minimum absolute atomic E-state index is 0.268. The number of nitrogens with one attached hydrogen (secondary N) is 1. The maximum atomic E-state index is 11.9. The molecule has 0 aliphatic heterocycles. The van der Waals surface area contributed by atoms with Gasteiger partial charge in [-0.3, -0.25) is 4.79 Å². The molecule has 140 valence electrons. The Hall–Kier alpha value is -1.61. The summed E-state index contributed by atoms with van der Waals surface area (Å²) in [6, 6.07) is -1.63. The Morgan fingerprint density at radius 3 is 1.83 bits per heavy atom. The van der Waals surface area contributed by atoms with Crippen molar-refractivity contribution in [2.75, 3.05) is 0 Å². The van der Waals surface area contributed by atoms with Crippen molar-refractivity contribution in [2.24, 2.45) is 5.73 Å². The smallest absolute Gasteiger partial charge is 0.408 e. The Labute approximate surface area is 144 Å². The molecular formula is C15H30N2O6Si. The van der Waals surface area contributed by atoms with Gasteiger partial charge < -0.3 is 25.3 Å². The maximum Gasteiger partial charge on any atom is 0.408 e. The van der Waals surface area contributed by atoms with Crippen molar-refractivity contribution >= 4 is 26.3 Å². The van der Waals surface area contributed by atoms with Crippen molar-refractivity contribution in [3.8, 4) is 0 Å². The van der Waals surface area contributed by atoms with Gasteiger partial charge in [0.25, 0.3) is 0 Å². The van der Waals surface area contributed by atoms with Gasteiger partial charge in [-0.15, -0.1) is 0 Å². The first-order chi connectivity index (χ1) is 10.5. The molecule has 0 bridgehead atoms. The Bertz CT molecular complexity index is 493. The predicted molar refractivity (Wildman–Crippen MR) is 92.1 cm³/mol. The van der Waals surface area contributed by atoms with Crippen molar-refractivity contribution in [2.45, 2.75) is 77.4 Å². The number of carbonyl (C=O) groups excluding carboxylic acids is 2. The SMILES string of the molecule is CC(C)(C)OC(=O)N[C@H](C(=O)O)[C@H](O[Si](C)(C)C(C)(C)C)C(N)=O. The quantitative estimate of drug-likeness (QED) is 0.619. The molecule has 0 spiro atoms. The monoisotopic (exact) mass is 362 g/mol. The third-order valence-corrected chi connectivity index (χ3v) is 8.20. The molecule has 24 heavy (non-hydrogen) atoms. The second-order valence-corrected chi connectivity index (χ2v) is 12.9. The van der Waals surface area contributed by atoms with Crippen LogP contribution in [0.1, 0.15) is 41.5 Å². The summed E-state index contributed by atoms with van der Waals surface area (Å²) in [5.41, 5.74) is 4.52. The fourth-order valence-electron chi connectivity index (χ4n) is 1.49. The molecule has 0 heterocycles. The molecule has 0 radical (unpaired) electrons. The summed E-state index contributed by atoms with van der Waals surface area (Å²) in [6.07, 6.45) is -2.45. The zero-order chi connectivity index (χ0) is 19.5. The van der Waals surface area contributed by atoms with Crippen LogP contribution in [0.3, 0.4) is 0 Å². The van der Waals surface area contributed by atoms with Crippen molar-refractivity contribution in [1.29, 1.82) is 0 Å². The number of alkyl carbamates (subject to hydrolysis) is 1. The number of primary amides is 1. The van der Waals surface area contributed by atoms with E-state index < -0.39 is 44.0 Å². The summed E-state index contributed by atoms with van der Waals surface area (Å²) in [7, 11) is -2.49. The van der Waals surface area contributed by atoms with Gasteiger partial charge in [0.15, 0.2) is 20.5 Å². The molecule has 0 aromatic rings. The molecule has 0 aliphatic rings. The average Bonchev–Trinajstić information content (AvgIpc) is 2.29. The molecule has 0 saturated carbocycles. The predicted octanol–water partition coefficient (Wildman–Crippen LogP) is 1.84. The van der Waals surface area contributed by atoms with Crippen molar-refractivity contribution in [3.63, 3.8) is 0 Å². The van der Waals surface area contributed by atoms with Crippen LogP contribution in [-0.2, 0) is 18.8 Å². The number of rotatable bonds is 6. The Kier molecular flexibility index (Phi) is 7.01. The molecule has 9 heteroatoms. The van der Waals surface area contributed by atoms with Gasteiger partial charge in [0.2, 0.25) is 5.91 Å². The van der Waals surface area contributed by atoms with Crippen molar-refractivity contribution in [3.05, 3.63) is 0 Å². The lowest BCUT2D eigenvalue weighted by Gasteiger charge is -2.39. The third kappa shape index (κ3) is 6.87. The second-order valence-electron chi connectivity index (χ2n) is 8.16. The van der Waals surface area contributed by atoms with E-state index in [1.165, 1.54) is 0 Å². The summed E-state index contributed by atoms with van der Waals surface area (Å²) in [4.78, 5) is 35.2. The highest BCUT2D eigenvalue weighted by atomic mass is 28.4. The van der Waals surface area contributed by atoms with Gasteiger partial charge in [0.1, 0.15) is 5.60 Å². The molecule has 0 fully saturated rings. The Morgan fingerprint density at radius 2 is 1.54 bits per heavy atom. The number of carboxylic acid groups (broad SMARTS) is 1. The maximum absolute atomic E-state index is 11.9. The van der Waals surface area contributed by atoms with Gasteiger partial charge in [-0.05, 0) is 38.9 Å². The number of carboxylic acids is 1. The number of ether oxygens (including phenoxy) is 1. The van der Waals surface area contributed by atoms with E-state index in [0.717, 1.165) is 0 Å². The molecule has 4 N–H and O–H groups in total. The van der Waals surface area contributed by atoms with Gasteiger partial charge in [0.05, 0.1) is 0 Å². The van der Waals surface area contributed by atoms with Crippen molar-refractivity contribution in [1.82, 2.24) is 5.32 Å². The van der Waals surface area contributed by atoms with Crippen LogP contribution in [0.2, 0.25) is 18.1 Å². The molecule has 0 aromatic carbocycles. The van der Waals surface area contributed by atoms with Gasteiger partial charge in [-0.1, -0.05) is 20.8 Å². The van der Waals surface area contributed by atoms with Crippen LogP contribution >= 0.6 is 0 Å². The Balaban J connectivity index is 5.45. The molecular weight excluding hydrogens is 332 g/mol. The normalized spacial score (nSPS) is 15.3. The average molecular weight is 362 g/mol. The first-order valence-corrected chi connectivity index (χ1v) is 10.6. The molecule has 8 nitrogen and oxygen atoms in total. The number of aliphatic carboxylic acids is 1. The molecule has 0 rings (SSSR count). The highest BCUT2D eigenvalue weighted by Gasteiger charge is 2.45. The minimum Gasteiger partial charge on any atom is -0.480 e. The van der Waals surface area contributed by atoms with E-state index in [9.17, 15) is 19.5 Å². The van der Waals surface area contributed by atoms with Crippen LogP contribution < -0.4 is 11.1 Å². The van der Waals surface area contributed by atoms with E-state index in [4.69, 9.17) is 14.9 Å². The third-order valence-electron chi connectivity index (χ3n) is 3.75. The summed E-state index contributed by atoms with van der Waals surface area (Å²) >= 11 is 0. The number of hydrogen-bond donors (Lipinski definition) is 3. The standard InChI is InChI=1S/C15H30N2O6Si/c1-14(2,3)22-13(21)17-9(12(19)20)10(11(16)18)23-24(7,8)15(4,5)6/h9-10H,1-8H3,(H2,16,18)(H,17,21)(H,19,20)/t9-,10-/m0/s1. The number of hydrogen-bond acceptors (Lipinski definition) is 5. The minimum atomic E-state index is -2.49.